The van der Waals surface area contributed by atoms with E-state index in [0.717, 1.165) is 0 Å². The van der Waals surface area contributed by atoms with Crippen LogP contribution < -0.4 is 11.1 Å². The number of hydrogen-bond donors (Lipinski definition) is 3. The van der Waals surface area contributed by atoms with Crippen LogP contribution in [-0.2, 0) is 4.74 Å². The van der Waals surface area contributed by atoms with Crippen LogP contribution in [0.15, 0.2) is 0 Å². The van der Waals surface area contributed by atoms with E-state index in [-0.39, 0.29) is 24.8 Å². The van der Waals surface area contributed by atoms with Crippen molar-refractivity contribution in [2.75, 3.05) is 25.5 Å². The second-order valence-corrected chi connectivity index (χ2v) is 4.28. The van der Waals surface area contributed by atoms with Crippen LogP contribution in [0.3, 0.4) is 0 Å². The number of H-pyrrole nitrogens is 1. The lowest BCUT2D eigenvalue weighted by molar-refractivity contribution is 0.0188. The number of nitrogens with two attached hydrogens (primary N) is 1. The fourth-order valence-electron chi connectivity index (χ4n) is 1.47. The van der Waals surface area contributed by atoms with Gasteiger partial charge in [-0.15, -0.1) is 0 Å². The van der Waals surface area contributed by atoms with E-state index in [0.29, 0.717) is 11.4 Å². The van der Waals surface area contributed by atoms with Gasteiger partial charge in [0.05, 0.1) is 18.0 Å². The van der Waals surface area contributed by atoms with Crippen molar-refractivity contribution in [2.24, 2.45) is 0 Å². The van der Waals surface area contributed by atoms with Gasteiger partial charge in [-0.05, 0) is 5.92 Å². The van der Waals surface area contributed by atoms with E-state index in [1.165, 1.54) is 0 Å². The van der Waals surface area contributed by atoms with Crippen LogP contribution in [0, 0.1) is 0 Å². The van der Waals surface area contributed by atoms with Gasteiger partial charge in [-0.3, -0.25) is 9.89 Å². The molecule has 0 radical (unpaired) electrons. The molecular formula is C11H18F2N4O2. The predicted molar refractivity (Wildman–Crippen MR) is 66.2 cm³/mol. The Bertz CT molecular complexity index is 421. The molecule has 6 nitrogen and oxygen atoms in total. The number of aromatic nitrogens is 2. The number of ether oxygens (including phenoxy) is 1. The van der Waals surface area contributed by atoms with Crippen molar-refractivity contribution in [1.29, 1.82) is 0 Å². The Morgan fingerprint density at radius 3 is 2.74 bits per heavy atom. The van der Waals surface area contributed by atoms with Gasteiger partial charge in [0.1, 0.15) is 6.61 Å². The molecule has 19 heavy (non-hydrogen) atoms. The number of aromatic amines is 1. The standard InChI is InChI=1S/C11H18F2N4O2/c1-6(2)9-8(14)10(17-16-9)11(18)15-3-4-19-5-7(12)13/h6-7H,3-5,14H2,1-2H3,(H,15,18)(H,16,17). The third-order valence-corrected chi connectivity index (χ3v) is 2.40. The fourth-order valence-corrected chi connectivity index (χ4v) is 1.47. The summed E-state index contributed by atoms with van der Waals surface area (Å²) in [6, 6.07) is 0. The average molecular weight is 276 g/mol. The molecule has 108 valence electrons. The maximum Gasteiger partial charge on any atom is 0.274 e. The zero-order valence-electron chi connectivity index (χ0n) is 10.9. The first-order valence-corrected chi connectivity index (χ1v) is 5.91. The third-order valence-electron chi connectivity index (χ3n) is 2.40. The number of hydrogen-bond acceptors (Lipinski definition) is 4. The van der Waals surface area contributed by atoms with E-state index in [9.17, 15) is 13.6 Å². The molecule has 0 atom stereocenters. The summed E-state index contributed by atoms with van der Waals surface area (Å²) in [5.74, 6) is -0.329. The summed E-state index contributed by atoms with van der Waals surface area (Å²) >= 11 is 0. The molecule has 0 unspecified atom stereocenters. The minimum absolute atomic E-state index is 0.0114. The summed E-state index contributed by atoms with van der Waals surface area (Å²) < 4.78 is 28.2. The number of carbonyl (C=O) groups is 1. The number of anilines is 1. The first kappa shape index (κ1) is 15.4. The van der Waals surface area contributed by atoms with Gasteiger partial charge < -0.3 is 15.8 Å². The van der Waals surface area contributed by atoms with E-state index in [4.69, 9.17) is 5.73 Å². The second-order valence-electron chi connectivity index (χ2n) is 4.28. The Morgan fingerprint density at radius 1 is 1.53 bits per heavy atom. The van der Waals surface area contributed by atoms with Crippen LogP contribution in [-0.4, -0.2) is 42.3 Å². The number of nitrogen functional groups attached to an aromatic ring is 1. The number of nitrogens with one attached hydrogen (secondary N) is 2. The molecule has 4 N–H and O–H groups in total. The normalized spacial score (nSPS) is 11.3. The smallest absolute Gasteiger partial charge is 0.274 e. The van der Waals surface area contributed by atoms with Crippen LogP contribution in [0.4, 0.5) is 14.5 Å². The van der Waals surface area contributed by atoms with Gasteiger partial charge in [-0.25, -0.2) is 8.78 Å². The van der Waals surface area contributed by atoms with Crippen molar-refractivity contribution in [1.82, 2.24) is 15.5 Å². The molecule has 0 saturated heterocycles. The van der Waals surface area contributed by atoms with Crippen LogP contribution in [0.2, 0.25) is 0 Å². The van der Waals surface area contributed by atoms with E-state index in [1.54, 1.807) is 0 Å². The van der Waals surface area contributed by atoms with E-state index in [2.05, 4.69) is 20.3 Å². The van der Waals surface area contributed by atoms with Gasteiger partial charge >= 0.3 is 0 Å². The van der Waals surface area contributed by atoms with E-state index >= 15 is 0 Å². The number of alkyl halides is 2. The summed E-state index contributed by atoms with van der Waals surface area (Å²) in [7, 11) is 0. The number of halogens is 2. The van der Waals surface area contributed by atoms with Crippen molar-refractivity contribution < 1.29 is 18.3 Å². The van der Waals surface area contributed by atoms with Gasteiger partial charge in [0, 0.05) is 6.54 Å². The van der Waals surface area contributed by atoms with Gasteiger partial charge in [-0.2, -0.15) is 5.10 Å². The largest absolute Gasteiger partial charge is 0.395 e. The third kappa shape index (κ3) is 4.47. The van der Waals surface area contributed by atoms with E-state index in [1.807, 2.05) is 13.8 Å². The summed E-state index contributed by atoms with van der Waals surface area (Å²) in [5.41, 5.74) is 6.90. The minimum Gasteiger partial charge on any atom is -0.395 e. The highest BCUT2D eigenvalue weighted by Crippen LogP contribution is 2.21. The fraction of sp³-hybridized carbons (Fsp3) is 0.636. The summed E-state index contributed by atoms with van der Waals surface area (Å²) in [4.78, 5) is 11.7. The molecule has 0 aromatic carbocycles. The second kappa shape index (κ2) is 7.03. The SMILES string of the molecule is CC(C)c1[nH]nc(C(=O)NCCOCC(F)F)c1N. The van der Waals surface area contributed by atoms with Crippen molar-refractivity contribution in [2.45, 2.75) is 26.2 Å². The lowest BCUT2D eigenvalue weighted by atomic mass is 10.1. The molecule has 0 spiro atoms. The first-order valence-electron chi connectivity index (χ1n) is 5.91. The highest BCUT2D eigenvalue weighted by molar-refractivity contribution is 5.97. The Kier molecular flexibility index (Phi) is 5.68. The van der Waals surface area contributed by atoms with Gasteiger partial charge in [-0.1, -0.05) is 13.8 Å². The molecule has 1 aromatic heterocycles. The molecule has 0 fully saturated rings. The van der Waals surface area contributed by atoms with Crippen molar-refractivity contribution >= 4 is 11.6 Å². The summed E-state index contributed by atoms with van der Waals surface area (Å²) in [5, 5.41) is 9.04. The molecule has 0 aliphatic carbocycles. The lowest BCUT2D eigenvalue weighted by Crippen LogP contribution is -2.28. The van der Waals surface area contributed by atoms with Crippen LogP contribution in [0.1, 0.15) is 35.9 Å². The maximum atomic E-state index is 11.8. The van der Waals surface area contributed by atoms with Crippen LogP contribution >= 0.6 is 0 Å². The summed E-state index contributed by atoms with van der Waals surface area (Å²) in [6.07, 6.45) is -2.51. The Morgan fingerprint density at radius 2 is 2.21 bits per heavy atom. The molecule has 1 aromatic rings. The zero-order valence-corrected chi connectivity index (χ0v) is 10.9. The van der Waals surface area contributed by atoms with Crippen molar-refractivity contribution in [3.8, 4) is 0 Å². The average Bonchev–Trinajstić information content (AvgIpc) is 2.70. The van der Waals surface area contributed by atoms with Crippen LogP contribution in [0.25, 0.3) is 0 Å². The molecule has 1 amide bonds. The highest BCUT2D eigenvalue weighted by atomic mass is 19.3. The molecule has 0 saturated carbocycles. The monoisotopic (exact) mass is 276 g/mol. The van der Waals surface area contributed by atoms with E-state index < -0.39 is 18.9 Å². The molecule has 0 aliphatic heterocycles. The van der Waals surface area contributed by atoms with Gasteiger partial charge in [0.2, 0.25) is 0 Å². The topological polar surface area (TPSA) is 93.0 Å². The van der Waals surface area contributed by atoms with Gasteiger partial charge in [0.25, 0.3) is 12.3 Å². The Labute approximate surface area is 109 Å². The quantitative estimate of drug-likeness (QED) is 0.651. The number of carbonyl (C=O) groups excluding carboxylic acids is 1. The molecule has 1 heterocycles. The molecule has 1 rings (SSSR count). The first-order chi connectivity index (χ1) is 8.93. The molecule has 8 heteroatoms. The molecular weight excluding hydrogens is 258 g/mol. The highest BCUT2D eigenvalue weighted by Gasteiger charge is 2.18. The van der Waals surface area contributed by atoms with Crippen molar-refractivity contribution in [3.63, 3.8) is 0 Å². The predicted octanol–water partition coefficient (Wildman–Crippen LogP) is 1.13. The molecule has 0 aliphatic rings. The Balaban J connectivity index is 2.42. The number of amides is 1. The summed E-state index contributed by atoms with van der Waals surface area (Å²) in [6.45, 7) is 3.33. The Hall–Kier alpha value is -1.70. The maximum absolute atomic E-state index is 11.8. The number of rotatable bonds is 7. The lowest BCUT2D eigenvalue weighted by Gasteiger charge is -2.06. The number of nitrogens with zero attached hydrogens (tertiary/aromatic N) is 1. The van der Waals surface area contributed by atoms with Gasteiger partial charge in [0.15, 0.2) is 5.69 Å². The van der Waals surface area contributed by atoms with Crippen LogP contribution in [0.5, 0.6) is 0 Å². The zero-order chi connectivity index (χ0) is 14.4. The minimum atomic E-state index is -2.51. The van der Waals surface area contributed by atoms with Crippen molar-refractivity contribution in [3.05, 3.63) is 11.4 Å². The molecule has 0 bridgehead atoms.